The first-order valence-electron chi connectivity index (χ1n) is 6.93. The number of aryl methyl sites for hydroxylation is 2. The van der Waals surface area contributed by atoms with Crippen LogP contribution >= 0.6 is 11.3 Å². The third kappa shape index (κ3) is 1.96. The third-order valence-electron chi connectivity index (χ3n) is 4.89. The van der Waals surface area contributed by atoms with Crippen LogP contribution in [0.5, 0.6) is 0 Å². The van der Waals surface area contributed by atoms with Crippen molar-refractivity contribution in [2.24, 2.45) is 17.8 Å². The van der Waals surface area contributed by atoms with E-state index in [9.17, 15) is 0 Å². The highest BCUT2D eigenvalue weighted by atomic mass is 32.1. The van der Waals surface area contributed by atoms with E-state index in [2.05, 4.69) is 32.3 Å². The minimum absolute atomic E-state index is 0.615. The molecule has 1 aromatic rings. The summed E-state index contributed by atoms with van der Waals surface area (Å²) in [5, 5.41) is 3.61. The molecule has 1 N–H and O–H groups in total. The fourth-order valence-corrected chi connectivity index (χ4v) is 5.43. The van der Waals surface area contributed by atoms with Crippen LogP contribution in [0.3, 0.4) is 0 Å². The minimum atomic E-state index is 0.615. The van der Waals surface area contributed by atoms with Crippen LogP contribution in [0.15, 0.2) is 6.07 Å². The van der Waals surface area contributed by atoms with Gasteiger partial charge < -0.3 is 5.32 Å². The maximum absolute atomic E-state index is 3.61. The quantitative estimate of drug-likeness (QED) is 0.852. The number of thiophene rings is 1. The summed E-state index contributed by atoms with van der Waals surface area (Å²) in [6.45, 7) is 4.51. The van der Waals surface area contributed by atoms with Crippen molar-refractivity contribution in [3.8, 4) is 0 Å². The van der Waals surface area contributed by atoms with Gasteiger partial charge in [0.25, 0.3) is 0 Å². The fraction of sp³-hybridized carbons (Fsp3) is 0.733. The summed E-state index contributed by atoms with van der Waals surface area (Å²) in [6, 6.07) is 2.96. The molecule has 4 atom stereocenters. The number of rotatable bonds is 3. The Labute approximate surface area is 109 Å². The molecule has 94 valence electrons. The Kier molecular flexibility index (Phi) is 3.04. The van der Waals surface area contributed by atoms with Crippen molar-refractivity contribution in [2.45, 2.75) is 45.6 Å². The van der Waals surface area contributed by atoms with Crippen molar-refractivity contribution in [1.29, 1.82) is 0 Å². The molecule has 0 saturated heterocycles. The lowest BCUT2D eigenvalue weighted by Gasteiger charge is -2.30. The molecule has 2 aliphatic carbocycles. The standard InChI is InChI=1S/C15H23NS/c1-9-6-10(2)17-15(9)14(16-3)13-8-11-4-5-12(13)7-11/h6,11-14,16H,4-5,7-8H2,1-3H3. The summed E-state index contributed by atoms with van der Waals surface area (Å²) in [6.07, 6.45) is 5.95. The summed E-state index contributed by atoms with van der Waals surface area (Å²) < 4.78 is 0. The number of fused-ring (bicyclic) bond motifs is 2. The maximum atomic E-state index is 3.61. The Morgan fingerprint density at radius 1 is 1.29 bits per heavy atom. The van der Waals surface area contributed by atoms with Crippen LogP contribution in [0.2, 0.25) is 0 Å². The van der Waals surface area contributed by atoms with Gasteiger partial charge in [0.2, 0.25) is 0 Å². The predicted octanol–water partition coefficient (Wildman–Crippen LogP) is 4.06. The normalized spacial score (nSPS) is 33.2. The highest BCUT2D eigenvalue weighted by Gasteiger charge is 2.43. The van der Waals surface area contributed by atoms with Crippen LogP contribution in [0.1, 0.15) is 47.0 Å². The summed E-state index contributed by atoms with van der Waals surface area (Å²) in [5.41, 5.74) is 1.50. The summed E-state index contributed by atoms with van der Waals surface area (Å²) in [4.78, 5) is 3.06. The smallest absolute Gasteiger partial charge is 0.0446 e. The zero-order valence-corrected chi connectivity index (χ0v) is 11.9. The van der Waals surface area contributed by atoms with E-state index >= 15 is 0 Å². The van der Waals surface area contributed by atoms with Gasteiger partial charge in [-0.1, -0.05) is 6.42 Å². The van der Waals surface area contributed by atoms with Gasteiger partial charge in [-0.2, -0.15) is 0 Å². The molecule has 17 heavy (non-hydrogen) atoms. The molecular formula is C15H23NS. The second-order valence-corrected chi connectivity index (χ2v) is 7.30. The molecule has 0 spiro atoms. The summed E-state index contributed by atoms with van der Waals surface area (Å²) >= 11 is 2.00. The Hall–Kier alpha value is -0.340. The largest absolute Gasteiger partial charge is 0.312 e. The number of nitrogens with one attached hydrogen (secondary N) is 1. The van der Waals surface area contributed by atoms with Crippen molar-refractivity contribution in [2.75, 3.05) is 7.05 Å². The van der Waals surface area contributed by atoms with E-state index in [1.165, 1.54) is 36.1 Å². The van der Waals surface area contributed by atoms with E-state index in [1.807, 2.05) is 11.3 Å². The van der Waals surface area contributed by atoms with Crippen LogP contribution in [0, 0.1) is 31.6 Å². The number of hydrogen-bond acceptors (Lipinski definition) is 2. The molecule has 2 bridgehead atoms. The highest BCUT2D eigenvalue weighted by molar-refractivity contribution is 7.12. The first-order chi connectivity index (χ1) is 8.19. The van der Waals surface area contributed by atoms with E-state index < -0.39 is 0 Å². The van der Waals surface area contributed by atoms with Crippen LogP contribution in [0.4, 0.5) is 0 Å². The topological polar surface area (TPSA) is 12.0 Å². The fourth-order valence-electron chi connectivity index (χ4n) is 4.21. The molecular weight excluding hydrogens is 226 g/mol. The van der Waals surface area contributed by atoms with E-state index in [-0.39, 0.29) is 0 Å². The average molecular weight is 249 g/mol. The van der Waals surface area contributed by atoms with Crippen molar-refractivity contribution in [1.82, 2.24) is 5.32 Å². The van der Waals surface area contributed by atoms with Crippen molar-refractivity contribution >= 4 is 11.3 Å². The van der Waals surface area contributed by atoms with Crippen LogP contribution in [0.25, 0.3) is 0 Å². The molecule has 2 heteroatoms. The Bertz CT molecular complexity index is 409. The van der Waals surface area contributed by atoms with E-state index in [0.717, 1.165) is 17.8 Å². The molecule has 0 radical (unpaired) electrons. The van der Waals surface area contributed by atoms with Gasteiger partial charge in [0, 0.05) is 15.8 Å². The molecule has 2 fully saturated rings. The first-order valence-corrected chi connectivity index (χ1v) is 7.75. The molecule has 0 amide bonds. The van der Waals surface area contributed by atoms with E-state index in [0.29, 0.717) is 6.04 Å². The monoisotopic (exact) mass is 249 g/mol. The molecule has 3 rings (SSSR count). The van der Waals surface area contributed by atoms with Gasteiger partial charge in [-0.3, -0.25) is 0 Å². The molecule has 2 saturated carbocycles. The van der Waals surface area contributed by atoms with Crippen LogP contribution in [-0.4, -0.2) is 7.05 Å². The number of hydrogen-bond donors (Lipinski definition) is 1. The molecule has 0 aliphatic heterocycles. The zero-order valence-electron chi connectivity index (χ0n) is 11.1. The van der Waals surface area contributed by atoms with Crippen LogP contribution < -0.4 is 5.32 Å². The van der Waals surface area contributed by atoms with Gasteiger partial charge in [0.05, 0.1) is 0 Å². The first kappa shape index (κ1) is 11.7. The summed E-state index contributed by atoms with van der Waals surface area (Å²) in [5.74, 6) is 2.94. The molecule has 0 aromatic carbocycles. The lowest BCUT2D eigenvalue weighted by Crippen LogP contribution is -2.28. The van der Waals surface area contributed by atoms with Gasteiger partial charge in [0.15, 0.2) is 0 Å². The van der Waals surface area contributed by atoms with Gasteiger partial charge in [0.1, 0.15) is 0 Å². The second kappa shape index (κ2) is 4.40. The lowest BCUT2D eigenvalue weighted by molar-refractivity contribution is 0.262. The van der Waals surface area contributed by atoms with Gasteiger partial charge in [-0.15, -0.1) is 11.3 Å². The van der Waals surface area contributed by atoms with Crippen molar-refractivity contribution < 1.29 is 0 Å². The van der Waals surface area contributed by atoms with E-state index in [1.54, 1.807) is 4.88 Å². The highest BCUT2D eigenvalue weighted by Crippen LogP contribution is 2.53. The SMILES string of the molecule is CNC(c1sc(C)cc1C)C1CC2CCC1C2. The van der Waals surface area contributed by atoms with Gasteiger partial charge in [-0.05, 0) is 69.5 Å². The predicted molar refractivity (Wildman–Crippen MR) is 74.5 cm³/mol. The van der Waals surface area contributed by atoms with Crippen molar-refractivity contribution in [3.63, 3.8) is 0 Å². The molecule has 1 aromatic heterocycles. The third-order valence-corrected chi connectivity index (χ3v) is 6.13. The molecule has 1 nitrogen and oxygen atoms in total. The zero-order chi connectivity index (χ0) is 12.0. The summed E-state index contributed by atoms with van der Waals surface area (Å²) in [7, 11) is 2.14. The average Bonchev–Trinajstić information content (AvgIpc) is 2.96. The Morgan fingerprint density at radius 3 is 2.59 bits per heavy atom. The minimum Gasteiger partial charge on any atom is -0.312 e. The Morgan fingerprint density at radius 2 is 2.12 bits per heavy atom. The molecule has 2 aliphatic rings. The van der Waals surface area contributed by atoms with E-state index in [4.69, 9.17) is 0 Å². The molecule has 4 unspecified atom stereocenters. The van der Waals surface area contributed by atoms with Gasteiger partial charge >= 0.3 is 0 Å². The van der Waals surface area contributed by atoms with Crippen molar-refractivity contribution in [3.05, 3.63) is 21.4 Å². The van der Waals surface area contributed by atoms with Gasteiger partial charge in [-0.25, -0.2) is 0 Å². The maximum Gasteiger partial charge on any atom is 0.0446 e. The van der Waals surface area contributed by atoms with Crippen LogP contribution in [-0.2, 0) is 0 Å². The Balaban J connectivity index is 1.86. The lowest BCUT2D eigenvalue weighted by atomic mass is 9.82. The second-order valence-electron chi connectivity index (χ2n) is 6.01. The molecule has 1 heterocycles.